The van der Waals surface area contributed by atoms with Gasteiger partial charge in [0.1, 0.15) is 0 Å². The number of likely N-dealkylation sites (N-methyl/N-ethyl adjacent to an activating group) is 1. The summed E-state index contributed by atoms with van der Waals surface area (Å²) in [6.07, 6.45) is 5.98. The van der Waals surface area contributed by atoms with Crippen LogP contribution in [0.3, 0.4) is 0 Å². The van der Waals surface area contributed by atoms with E-state index < -0.39 is 0 Å². The first-order valence-electron chi connectivity index (χ1n) is 6.29. The van der Waals surface area contributed by atoms with Crippen LogP contribution in [0.2, 0.25) is 0 Å². The number of oxime groups is 1. The van der Waals surface area contributed by atoms with Gasteiger partial charge in [0.25, 0.3) is 0 Å². The maximum Gasteiger partial charge on any atom is 0.156 e. The number of amidine groups is 1. The summed E-state index contributed by atoms with van der Waals surface area (Å²) in [7, 11) is 2.09. The van der Waals surface area contributed by atoms with Crippen LogP contribution >= 0.6 is 0 Å². The lowest BCUT2D eigenvalue weighted by atomic mass is 9.85. The van der Waals surface area contributed by atoms with Gasteiger partial charge in [0, 0.05) is 6.04 Å². The van der Waals surface area contributed by atoms with Crippen LogP contribution in [0.1, 0.15) is 46.0 Å². The Bertz CT molecular complexity index is 242. The lowest BCUT2D eigenvalue weighted by Crippen LogP contribution is -2.48. The minimum absolute atomic E-state index is 0.0697. The molecule has 0 radical (unpaired) electrons. The topological polar surface area (TPSA) is 61.9 Å². The second-order valence-electron chi connectivity index (χ2n) is 5.04. The Morgan fingerprint density at radius 1 is 1.56 bits per heavy atom. The number of nitrogens with two attached hydrogens (primary N) is 1. The van der Waals surface area contributed by atoms with Crippen LogP contribution < -0.4 is 5.73 Å². The van der Waals surface area contributed by atoms with Gasteiger partial charge < -0.3 is 10.9 Å². The Labute approximate surface area is 98.5 Å². The first kappa shape index (κ1) is 13.3. The molecule has 3 N–H and O–H groups in total. The minimum Gasteiger partial charge on any atom is -0.409 e. The van der Waals surface area contributed by atoms with Crippen LogP contribution in [0.4, 0.5) is 0 Å². The highest BCUT2D eigenvalue weighted by Gasteiger charge is 2.28. The predicted octanol–water partition coefficient (Wildman–Crippen LogP) is 2.02. The van der Waals surface area contributed by atoms with Gasteiger partial charge in [0.15, 0.2) is 5.84 Å². The van der Waals surface area contributed by atoms with Gasteiger partial charge in [0.05, 0.1) is 6.04 Å². The second-order valence-corrected chi connectivity index (χ2v) is 5.04. The largest absolute Gasteiger partial charge is 0.409 e. The van der Waals surface area contributed by atoms with E-state index in [1.165, 1.54) is 25.7 Å². The monoisotopic (exact) mass is 227 g/mol. The Kier molecular flexibility index (Phi) is 5.06. The molecular weight excluding hydrogens is 202 g/mol. The number of rotatable bonds is 4. The van der Waals surface area contributed by atoms with Crippen LogP contribution in [-0.2, 0) is 0 Å². The summed E-state index contributed by atoms with van der Waals surface area (Å²) in [5, 5.41) is 11.9. The molecule has 3 atom stereocenters. The Hall–Kier alpha value is -0.770. The molecule has 0 aromatic heterocycles. The fraction of sp³-hybridized carbons (Fsp3) is 0.917. The molecule has 1 aliphatic rings. The molecule has 4 heteroatoms. The lowest BCUT2D eigenvalue weighted by molar-refractivity contribution is 0.140. The van der Waals surface area contributed by atoms with Gasteiger partial charge in [-0.25, -0.2) is 0 Å². The van der Waals surface area contributed by atoms with Crippen molar-refractivity contribution < 1.29 is 5.21 Å². The fourth-order valence-corrected chi connectivity index (χ4v) is 2.80. The molecule has 1 fully saturated rings. The standard InChI is InChI=1S/C12H25N3O/c1-4-11(12(13)14-16)15(3)10-7-5-6-9(2)8-10/h9-11,16H,4-8H2,1-3H3,(H2,13,14). The zero-order valence-electron chi connectivity index (χ0n) is 10.7. The summed E-state index contributed by atoms with van der Waals surface area (Å²) >= 11 is 0. The van der Waals surface area contributed by atoms with Gasteiger partial charge in [-0.2, -0.15) is 0 Å². The molecule has 0 amide bonds. The van der Waals surface area contributed by atoms with E-state index in [2.05, 4.69) is 31.0 Å². The van der Waals surface area contributed by atoms with Crippen molar-refractivity contribution in [2.75, 3.05) is 7.05 Å². The molecule has 1 aliphatic carbocycles. The van der Waals surface area contributed by atoms with E-state index in [9.17, 15) is 0 Å². The average molecular weight is 227 g/mol. The molecule has 0 aromatic carbocycles. The molecule has 0 bridgehead atoms. The molecule has 3 unspecified atom stereocenters. The summed E-state index contributed by atoms with van der Waals surface area (Å²) < 4.78 is 0. The fourth-order valence-electron chi connectivity index (χ4n) is 2.80. The van der Waals surface area contributed by atoms with E-state index in [0.29, 0.717) is 11.9 Å². The molecular formula is C12H25N3O. The Morgan fingerprint density at radius 2 is 2.25 bits per heavy atom. The second kappa shape index (κ2) is 6.09. The van der Waals surface area contributed by atoms with Gasteiger partial charge in [-0.05, 0) is 32.2 Å². The normalized spacial score (nSPS) is 29.4. The number of hydrogen-bond acceptors (Lipinski definition) is 3. The number of nitrogens with zero attached hydrogens (tertiary/aromatic N) is 2. The van der Waals surface area contributed by atoms with E-state index in [4.69, 9.17) is 10.9 Å². The van der Waals surface area contributed by atoms with E-state index in [1.807, 2.05) is 0 Å². The molecule has 0 saturated heterocycles. The highest BCUT2D eigenvalue weighted by atomic mass is 16.4. The highest BCUT2D eigenvalue weighted by molar-refractivity contribution is 5.85. The van der Waals surface area contributed by atoms with Crippen molar-refractivity contribution in [2.24, 2.45) is 16.8 Å². The zero-order chi connectivity index (χ0) is 12.1. The van der Waals surface area contributed by atoms with E-state index in [0.717, 1.165) is 12.3 Å². The molecule has 4 nitrogen and oxygen atoms in total. The van der Waals surface area contributed by atoms with Crippen LogP contribution in [-0.4, -0.2) is 35.1 Å². The molecule has 0 heterocycles. The van der Waals surface area contributed by atoms with E-state index in [-0.39, 0.29) is 6.04 Å². The molecule has 0 aliphatic heterocycles. The SMILES string of the molecule is CCC(C(N)=NO)N(C)C1CCCC(C)C1. The quantitative estimate of drug-likeness (QED) is 0.334. The van der Waals surface area contributed by atoms with Crippen LogP contribution in [0.25, 0.3) is 0 Å². The predicted molar refractivity (Wildman–Crippen MR) is 66.7 cm³/mol. The van der Waals surface area contributed by atoms with Crippen LogP contribution in [0.15, 0.2) is 5.16 Å². The van der Waals surface area contributed by atoms with Crippen molar-refractivity contribution in [1.29, 1.82) is 0 Å². The summed E-state index contributed by atoms with van der Waals surface area (Å²) in [6, 6.07) is 0.647. The van der Waals surface area contributed by atoms with Gasteiger partial charge in [-0.3, -0.25) is 4.90 Å². The van der Waals surface area contributed by atoms with Crippen molar-refractivity contribution in [3.63, 3.8) is 0 Å². The zero-order valence-corrected chi connectivity index (χ0v) is 10.7. The third-order valence-corrected chi connectivity index (χ3v) is 3.82. The maximum absolute atomic E-state index is 8.77. The van der Waals surface area contributed by atoms with E-state index in [1.54, 1.807) is 0 Å². The molecule has 0 spiro atoms. The van der Waals surface area contributed by atoms with Gasteiger partial charge in [-0.1, -0.05) is 31.8 Å². The maximum atomic E-state index is 8.77. The van der Waals surface area contributed by atoms with Crippen molar-refractivity contribution in [2.45, 2.75) is 58.0 Å². The molecule has 16 heavy (non-hydrogen) atoms. The highest BCUT2D eigenvalue weighted by Crippen LogP contribution is 2.28. The molecule has 94 valence electrons. The summed E-state index contributed by atoms with van der Waals surface area (Å²) in [4.78, 5) is 2.28. The Morgan fingerprint density at radius 3 is 2.75 bits per heavy atom. The minimum atomic E-state index is 0.0697. The van der Waals surface area contributed by atoms with E-state index >= 15 is 0 Å². The van der Waals surface area contributed by atoms with Gasteiger partial charge >= 0.3 is 0 Å². The summed E-state index contributed by atoms with van der Waals surface area (Å²) in [5.41, 5.74) is 5.73. The summed E-state index contributed by atoms with van der Waals surface area (Å²) in [6.45, 7) is 4.38. The van der Waals surface area contributed by atoms with Gasteiger partial charge in [-0.15, -0.1) is 0 Å². The third kappa shape index (κ3) is 3.11. The van der Waals surface area contributed by atoms with Crippen LogP contribution in [0, 0.1) is 5.92 Å². The lowest BCUT2D eigenvalue weighted by Gasteiger charge is -2.38. The van der Waals surface area contributed by atoms with Gasteiger partial charge in [0.2, 0.25) is 0 Å². The number of hydrogen-bond donors (Lipinski definition) is 2. The molecule has 0 aromatic rings. The van der Waals surface area contributed by atoms with Crippen LogP contribution in [0.5, 0.6) is 0 Å². The smallest absolute Gasteiger partial charge is 0.156 e. The van der Waals surface area contributed by atoms with Crippen molar-refractivity contribution in [3.05, 3.63) is 0 Å². The van der Waals surface area contributed by atoms with Crippen molar-refractivity contribution >= 4 is 5.84 Å². The molecule has 1 rings (SSSR count). The summed E-state index contributed by atoms with van der Waals surface area (Å²) in [5.74, 6) is 1.13. The molecule has 1 saturated carbocycles. The third-order valence-electron chi connectivity index (χ3n) is 3.82. The van der Waals surface area contributed by atoms with Crippen molar-refractivity contribution in [3.8, 4) is 0 Å². The first-order chi connectivity index (χ1) is 7.60. The Balaban J connectivity index is 2.63. The average Bonchev–Trinajstić information content (AvgIpc) is 2.29. The first-order valence-corrected chi connectivity index (χ1v) is 6.29. The van der Waals surface area contributed by atoms with Crippen molar-refractivity contribution in [1.82, 2.24) is 4.90 Å².